The fraction of sp³-hybridized carbons (Fsp3) is 0.586. The van der Waals surface area contributed by atoms with E-state index < -0.39 is 11.2 Å². The molecule has 34 heavy (non-hydrogen) atoms. The average molecular weight is 570 g/mol. The standard InChI is InChI=1S/C29H41B2IO2/c1-7-9-10-11-12-13-18-29(32-8-2)25-19-21(30)14-16-23(25)24-17-15-22(20-26(24)29)31-34-28(5,6)27(3,4)33/h14-17,19-20,33H,7-13,18H2,1-6H3/q-1. The van der Waals surface area contributed by atoms with Crippen molar-refractivity contribution >= 4 is 26.3 Å². The van der Waals surface area contributed by atoms with Gasteiger partial charge in [0.1, 0.15) is 0 Å². The molecule has 183 valence electrons. The summed E-state index contributed by atoms with van der Waals surface area (Å²) in [6.07, 6.45) is 9.07. The van der Waals surface area contributed by atoms with E-state index in [9.17, 15) is 5.11 Å². The van der Waals surface area contributed by atoms with E-state index in [1.165, 1.54) is 71.6 Å². The Morgan fingerprint density at radius 1 is 0.912 bits per heavy atom. The Morgan fingerprint density at radius 3 is 2.18 bits per heavy atom. The van der Waals surface area contributed by atoms with Crippen molar-refractivity contribution in [3.63, 3.8) is 0 Å². The van der Waals surface area contributed by atoms with Gasteiger partial charge in [-0.15, -0.1) is 0 Å². The van der Waals surface area contributed by atoms with Crippen LogP contribution in [0.25, 0.3) is 11.1 Å². The third kappa shape index (κ3) is 5.95. The summed E-state index contributed by atoms with van der Waals surface area (Å²) < 4.78 is 7.45. The molecule has 3 rings (SSSR count). The van der Waals surface area contributed by atoms with Crippen LogP contribution >= 0.6 is 0 Å². The summed E-state index contributed by atoms with van der Waals surface area (Å²) >= 11 is -0.0972. The summed E-state index contributed by atoms with van der Waals surface area (Å²) in [4.78, 5) is 0. The predicted octanol–water partition coefficient (Wildman–Crippen LogP) is 2.37. The Hall–Kier alpha value is -0.780. The van der Waals surface area contributed by atoms with Crippen molar-refractivity contribution in [2.24, 2.45) is 0 Å². The van der Waals surface area contributed by atoms with Crippen molar-refractivity contribution in [2.45, 2.75) is 101 Å². The normalized spacial score (nSPS) is 17.6. The van der Waals surface area contributed by atoms with Crippen molar-refractivity contribution in [1.29, 1.82) is 0 Å². The zero-order chi connectivity index (χ0) is 25.0. The summed E-state index contributed by atoms with van der Waals surface area (Å²) in [6, 6.07) is 13.3. The predicted molar refractivity (Wildman–Crippen MR) is 143 cm³/mol. The maximum atomic E-state index is 10.5. The van der Waals surface area contributed by atoms with E-state index in [1.807, 2.05) is 27.4 Å². The van der Waals surface area contributed by atoms with Crippen LogP contribution in [-0.2, 0) is 8.08 Å². The monoisotopic (exact) mass is 570 g/mol. The third-order valence-corrected chi connectivity index (χ3v) is 11.2. The molecule has 0 heterocycles. The quantitative estimate of drug-likeness (QED) is 0.174. The van der Waals surface area contributed by atoms with Gasteiger partial charge in [0, 0.05) is 0 Å². The number of fused-ring (bicyclic) bond motifs is 3. The molecule has 0 aromatic heterocycles. The van der Waals surface area contributed by atoms with Gasteiger partial charge in [-0.1, -0.05) is 0 Å². The van der Waals surface area contributed by atoms with Gasteiger partial charge in [-0.2, -0.15) is 0 Å². The molecule has 1 aliphatic rings. The van der Waals surface area contributed by atoms with Crippen molar-refractivity contribution in [1.82, 2.24) is 0 Å². The molecular formula is C29H41B2IO2-. The Labute approximate surface area is 220 Å². The SMILES string of the molecule is [B]c1ccc2c(c1)C(CCCCCCCC)([I-]CC)c1cc([B]OC(C)(C)C(C)(C)O)ccc1-2. The first-order chi connectivity index (χ1) is 16.1. The number of rotatable bonds is 13. The molecule has 0 saturated carbocycles. The molecule has 1 atom stereocenters. The molecule has 0 spiro atoms. The van der Waals surface area contributed by atoms with Crippen LogP contribution in [0.2, 0.25) is 0 Å². The molecule has 2 aromatic carbocycles. The molecule has 1 unspecified atom stereocenters. The van der Waals surface area contributed by atoms with Crippen LogP contribution in [-0.4, -0.2) is 36.1 Å². The number of alkyl halides is 2. The van der Waals surface area contributed by atoms with Crippen LogP contribution < -0.4 is 32.1 Å². The van der Waals surface area contributed by atoms with E-state index in [0.717, 1.165) is 10.9 Å². The molecule has 1 N–H and O–H groups in total. The van der Waals surface area contributed by atoms with Crippen molar-refractivity contribution in [3.05, 3.63) is 47.5 Å². The van der Waals surface area contributed by atoms with Gasteiger partial charge >= 0.3 is 221 Å². The Morgan fingerprint density at radius 2 is 1.53 bits per heavy atom. The van der Waals surface area contributed by atoms with Crippen LogP contribution in [0.4, 0.5) is 0 Å². The zero-order valence-corrected chi connectivity index (χ0v) is 24.2. The van der Waals surface area contributed by atoms with E-state index in [2.05, 4.69) is 44.2 Å². The summed E-state index contributed by atoms with van der Waals surface area (Å²) in [5.41, 5.74) is 5.90. The molecule has 5 heteroatoms. The second-order valence-corrected chi connectivity index (χ2v) is 14.8. The van der Waals surface area contributed by atoms with Gasteiger partial charge in [0.05, 0.1) is 0 Å². The van der Waals surface area contributed by atoms with E-state index in [-0.39, 0.29) is 24.6 Å². The van der Waals surface area contributed by atoms with Crippen LogP contribution in [0.1, 0.15) is 97.6 Å². The first kappa shape index (κ1) is 27.8. The van der Waals surface area contributed by atoms with Gasteiger partial charge in [-0.3, -0.25) is 0 Å². The van der Waals surface area contributed by atoms with E-state index in [1.54, 1.807) is 13.8 Å². The number of halogens is 1. The Kier molecular flexibility index (Phi) is 9.42. The van der Waals surface area contributed by atoms with E-state index >= 15 is 0 Å². The van der Waals surface area contributed by atoms with Crippen molar-refractivity contribution in [3.8, 4) is 11.1 Å². The molecule has 0 amide bonds. The van der Waals surface area contributed by atoms with Gasteiger partial charge in [-0.25, -0.2) is 0 Å². The number of hydrogen-bond donors (Lipinski definition) is 1. The first-order valence-electron chi connectivity index (χ1n) is 12.9. The summed E-state index contributed by atoms with van der Waals surface area (Å²) in [5, 5.41) is 10.5. The average Bonchev–Trinajstić information content (AvgIpc) is 3.03. The molecule has 0 aliphatic heterocycles. The van der Waals surface area contributed by atoms with Crippen LogP contribution in [0.15, 0.2) is 36.4 Å². The maximum absolute atomic E-state index is 10.5. The first-order valence-corrected chi connectivity index (χ1v) is 15.5. The van der Waals surface area contributed by atoms with Crippen LogP contribution in [0, 0.1) is 0 Å². The summed E-state index contributed by atoms with van der Waals surface area (Å²) in [6.45, 7) is 12.1. The molecule has 0 fully saturated rings. The molecule has 2 nitrogen and oxygen atoms in total. The van der Waals surface area contributed by atoms with Crippen molar-refractivity contribution in [2.75, 3.05) is 4.43 Å². The van der Waals surface area contributed by atoms with Gasteiger partial charge in [0.15, 0.2) is 0 Å². The Bertz CT molecular complexity index is 967. The number of hydrogen-bond acceptors (Lipinski definition) is 2. The molecule has 2 aromatic rings. The summed E-state index contributed by atoms with van der Waals surface area (Å²) in [7, 11) is 8.15. The summed E-state index contributed by atoms with van der Waals surface area (Å²) in [5.74, 6) is 0. The van der Waals surface area contributed by atoms with Gasteiger partial charge < -0.3 is 0 Å². The number of benzene rings is 2. The molecule has 1 aliphatic carbocycles. The molecule has 0 bridgehead atoms. The molecule has 0 saturated heterocycles. The minimum atomic E-state index is -0.941. The van der Waals surface area contributed by atoms with Crippen LogP contribution in [0.3, 0.4) is 0 Å². The fourth-order valence-electron chi connectivity index (χ4n) is 4.68. The van der Waals surface area contributed by atoms with Gasteiger partial charge in [-0.05, 0) is 0 Å². The fourth-order valence-corrected chi connectivity index (χ4v) is 8.46. The van der Waals surface area contributed by atoms with Gasteiger partial charge in [0.2, 0.25) is 0 Å². The molecular weight excluding hydrogens is 529 g/mol. The Balaban J connectivity index is 1.94. The van der Waals surface area contributed by atoms with E-state index in [4.69, 9.17) is 12.5 Å². The zero-order valence-electron chi connectivity index (χ0n) is 22.0. The van der Waals surface area contributed by atoms with Crippen LogP contribution in [0.5, 0.6) is 0 Å². The third-order valence-electron chi connectivity index (χ3n) is 7.43. The molecule has 3 radical (unpaired) electrons. The van der Waals surface area contributed by atoms with E-state index in [0.29, 0.717) is 0 Å². The van der Waals surface area contributed by atoms with Gasteiger partial charge in [0.25, 0.3) is 0 Å². The second-order valence-electron chi connectivity index (χ2n) is 10.6. The minimum absolute atomic E-state index is 0.0972. The number of unbranched alkanes of at least 4 members (excludes halogenated alkanes) is 5. The van der Waals surface area contributed by atoms with Crippen molar-refractivity contribution < 1.29 is 31.0 Å². The number of aliphatic hydroxyl groups is 1. The second kappa shape index (κ2) is 11.5. The topological polar surface area (TPSA) is 29.5 Å².